The first-order valence-corrected chi connectivity index (χ1v) is 8.27. The van der Waals surface area contributed by atoms with Gasteiger partial charge in [-0.15, -0.1) is 0 Å². The zero-order valence-electron chi connectivity index (χ0n) is 13.8. The van der Waals surface area contributed by atoms with Crippen molar-refractivity contribution in [2.75, 3.05) is 18.0 Å². The molecule has 1 atom stereocenters. The summed E-state index contributed by atoms with van der Waals surface area (Å²) in [6.45, 7) is 4.55. The summed E-state index contributed by atoms with van der Waals surface area (Å²) in [5.74, 6) is 0.854. The number of nitrogens with one attached hydrogen (secondary N) is 1. The van der Waals surface area contributed by atoms with Gasteiger partial charge in [0.2, 0.25) is 0 Å². The third-order valence-corrected chi connectivity index (χ3v) is 4.41. The second kappa shape index (κ2) is 7.40. The molecule has 0 radical (unpaired) electrons. The Kier molecular flexibility index (Phi) is 5.05. The van der Waals surface area contributed by atoms with Crippen molar-refractivity contribution < 1.29 is 4.92 Å². The van der Waals surface area contributed by atoms with Crippen LogP contribution < -0.4 is 10.2 Å². The van der Waals surface area contributed by atoms with Gasteiger partial charge in [0.05, 0.1) is 4.92 Å². The van der Waals surface area contributed by atoms with Crippen molar-refractivity contribution in [3.05, 3.63) is 63.8 Å². The first kappa shape index (κ1) is 16.4. The lowest BCUT2D eigenvalue weighted by atomic mass is 10.0. The Morgan fingerprint density at radius 2 is 2.17 bits per heavy atom. The van der Waals surface area contributed by atoms with E-state index in [1.54, 1.807) is 6.07 Å². The summed E-state index contributed by atoms with van der Waals surface area (Å²) in [7, 11) is 0. The van der Waals surface area contributed by atoms with Gasteiger partial charge in [-0.05, 0) is 30.9 Å². The summed E-state index contributed by atoms with van der Waals surface area (Å²) >= 11 is 0. The largest absolute Gasteiger partial charge is 0.355 e. The molecule has 1 aliphatic heterocycles. The summed E-state index contributed by atoms with van der Waals surface area (Å²) in [4.78, 5) is 17.0. The molecule has 1 aromatic heterocycles. The van der Waals surface area contributed by atoms with Crippen molar-refractivity contribution >= 4 is 11.5 Å². The third-order valence-electron chi connectivity index (χ3n) is 4.41. The average Bonchev–Trinajstić information content (AvgIpc) is 2.61. The molecule has 6 heteroatoms. The molecule has 1 saturated heterocycles. The van der Waals surface area contributed by atoms with E-state index in [0.717, 1.165) is 43.9 Å². The van der Waals surface area contributed by atoms with Gasteiger partial charge in [-0.3, -0.25) is 10.1 Å². The molecule has 126 valence electrons. The highest BCUT2D eigenvalue weighted by molar-refractivity contribution is 5.50. The summed E-state index contributed by atoms with van der Waals surface area (Å²) in [5.41, 5.74) is 2.18. The summed E-state index contributed by atoms with van der Waals surface area (Å²) < 4.78 is 0. The number of hydrogen-bond donors (Lipinski definition) is 1. The highest BCUT2D eigenvalue weighted by atomic mass is 16.6. The molecule has 0 saturated carbocycles. The van der Waals surface area contributed by atoms with E-state index >= 15 is 0 Å². The second-order valence-corrected chi connectivity index (χ2v) is 6.24. The number of rotatable bonds is 5. The van der Waals surface area contributed by atoms with Crippen LogP contribution in [-0.2, 0) is 6.54 Å². The number of piperidine rings is 1. The van der Waals surface area contributed by atoms with E-state index < -0.39 is 4.92 Å². The van der Waals surface area contributed by atoms with E-state index in [0.29, 0.717) is 6.04 Å². The van der Waals surface area contributed by atoms with Crippen molar-refractivity contribution in [1.29, 1.82) is 0 Å². The van der Waals surface area contributed by atoms with E-state index in [9.17, 15) is 10.1 Å². The second-order valence-electron chi connectivity index (χ2n) is 6.24. The van der Waals surface area contributed by atoms with Crippen LogP contribution in [0.5, 0.6) is 0 Å². The van der Waals surface area contributed by atoms with Crippen LogP contribution in [0.2, 0.25) is 0 Å². The Bertz CT molecular complexity index is 705. The SMILES string of the molecule is Cc1cc([N+](=O)[O-])cnc1N1CCCC(NCc2ccccc2)C1. The van der Waals surface area contributed by atoms with Crippen molar-refractivity contribution in [1.82, 2.24) is 10.3 Å². The van der Waals surface area contributed by atoms with Crippen molar-refractivity contribution in [2.45, 2.75) is 32.4 Å². The minimum Gasteiger partial charge on any atom is -0.355 e. The Balaban J connectivity index is 1.64. The van der Waals surface area contributed by atoms with Crippen LogP contribution in [0.25, 0.3) is 0 Å². The van der Waals surface area contributed by atoms with Gasteiger partial charge in [0.25, 0.3) is 5.69 Å². The number of benzene rings is 1. The summed E-state index contributed by atoms with van der Waals surface area (Å²) in [6, 6.07) is 12.4. The summed E-state index contributed by atoms with van der Waals surface area (Å²) in [6.07, 6.45) is 3.57. The Labute approximate surface area is 141 Å². The Hall–Kier alpha value is -2.47. The molecule has 24 heavy (non-hydrogen) atoms. The standard InChI is InChI=1S/C18H22N4O2/c1-14-10-17(22(23)24)12-20-18(14)21-9-5-8-16(13-21)19-11-15-6-3-2-4-7-15/h2-4,6-7,10,12,16,19H,5,8-9,11,13H2,1H3. The molecular weight excluding hydrogens is 304 g/mol. The Morgan fingerprint density at radius 1 is 1.38 bits per heavy atom. The van der Waals surface area contributed by atoms with Gasteiger partial charge < -0.3 is 10.2 Å². The maximum absolute atomic E-state index is 10.9. The molecule has 6 nitrogen and oxygen atoms in total. The zero-order valence-corrected chi connectivity index (χ0v) is 13.8. The number of pyridine rings is 1. The molecule has 1 aromatic carbocycles. The molecule has 1 aliphatic rings. The quantitative estimate of drug-likeness (QED) is 0.675. The number of nitrogens with zero attached hydrogens (tertiary/aromatic N) is 3. The number of hydrogen-bond acceptors (Lipinski definition) is 5. The number of anilines is 1. The first-order valence-electron chi connectivity index (χ1n) is 8.27. The maximum Gasteiger partial charge on any atom is 0.287 e. The molecule has 2 heterocycles. The van der Waals surface area contributed by atoms with Gasteiger partial charge in [0.15, 0.2) is 0 Å². The van der Waals surface area contributed by atoms with E-state index in [-0.39, 0.29) is 5.69 Å². The number of aromatic nitrogens is 1. The molecule has 2 aromatic rings. The van der Waals surface area contributed by atoms with E-state index in [4.69, 9.17) is 0 Å². The fourth-order valence-corrected chi connectivity index (χ4v) is 3.18. The number of nitro groups is 1. The van der Waals surface area contributed by atoms with Gasteiger partial charge in [-0.2, -0.15) is 0 Å². The normalized spacial score (nSPS) is 17.7. The lowest BCUT2D eigenvalue weighted by Crippen LogP contribution is -2.46. The monoisotopic (exact) mass is 326 g/mol. The predicted molar refractivity (Wildman–Crippen MR) is 94.1 cm³/mol. The lowest BCUT2D eigenvalue weighted by Gasteiger charge is -2.34. The number of aryl methyl sites for hydroxylation is 1. The highest BCUT2D eigenvalue weighted by Gasteiger charge is 2.22. The fraction of sp³-hybridized carbons (Fsp3) is 0.389. The van der Waals surface area contributed by atoms with Crippen molar-refractivity contribution in [3.8, 4) is 0 Å². The van der Waals surface area contributed by atoms with E-state index in [1.165, 1.54) is 11.8 Å². The lowest BCUT2D eigenvalue weighted by molar-refractivity contribution is -0.385. The van der Waals surface area contributed by atoms with Crippen LogP contribution in [0, 0.1) is 17.0 Å². The predicted octanol–water partition coefficient (Wildman–Crippen LogP) is 3.06. The molecule has 1 fully saturated rings. The average molecular weight is 326 g/mol. The molecule has 1 unspecified atom stereocenters. The van der Waals surface area contributed by atoms with Crippen molar-refractivity contribution in [3.63, 3.8) is 0 Å². The summed E-state index contributed by atoms with van der Waals surface area (Å²) in [5, 5.41) is 14.5. The fourth-order valence-electron chi connectivity index (χ4n) is 3.18. The van der Waals surface area contributed by atoms with Crippen LogP contribution in [-0.4, -0.2) is 29.0 Å². The molecular formula is C18H22N4O2. The van der Waals surface area contributed by atoms with E-state index in [2.05, 4.69) is 27.3 Å². The molecule has 0 bridgehead atoms. The van der Waals surface area contributed by atoms with Gasteiger partial charge in [-0.25, -0.2) is 4.98 Å². The van der Waals surface area contributed by atoms with Gasteiger partial charge in [0.1, 0.15) is 12.0 Å². The Morgan fingerprint density at radius 3 is 2.88 bits per heavy atom. The maximum atomic E-state index is 10.9. The van der Waals surface area contributed by atoms with Crippen LogP contribution in [0.15, 0.2) is 42.6 Å². The first-order chi connectivity index (χ1) is 11.6. The molecule has 1 N–H and O–H groups in total. The molecule has 3 rings (SSSR count). The van der Waals surface area contributed by atoms with Gasteiger partial charge in [0, 0.05) is 31.7 Å². The highest BCUT2D eigenvalue weighted by Crippen LogP contribution is 2.24. The smallest absolute Gasteiger partial charge is 0.287 e. The zero-order chi connectivity index (χ0) is 16.9. The third kappa shape index (κ3) is 3.89. The van der Waals surface area contributed by atoms with Crippen LogP contribution in [0.4, 0.5) is 11.5 Å². The molecule has 0 spiro atoms. The van der Waals surface area contributed by atoms with Crippen LogP contribution >= 0.6 is 0 Å². The topological polar surface area (TPSA) is 71.3 Å². The van der Waals surface area contributed by atoms with Gasteiger partial charge >= 0.3 is 0 Å². The molecule has 0 amide bonds. The molecule has 0 aliphatic carbocycles. The van der Waals surface area contributed by atoms with Crippen molar-refractivity contribution in [2.24, 2.45) is 0 Å². The van der Waals surface area contributed by atoms with Gasteiger partial charge in [-0.1, -0.05) is 30.3 Å². The van der Waals surface area contributed by atoms with Crippen LogP contribution in [0.3, 0.4) is 0 Å². The minimum atomic E-state index is -0.399. The minimum absolute atomic E-state index is 0.0482. The van der Waals surface area contributed by atoms with Crippen LogP contribution in [0.1, 0.15) is 24.0 Å². The van der Waals surface area contributed by atoms with E-state index in [1.807, 2.05) is 25.1 Å².